The number of nitrogens with zero attached hydrogens (tertiary/aromatic N) is 3. The van der Waals surface area contributed by atoms with Crippen LogP contribution in [0.15, 0.2) is 49.1 Å². The Bertz CT molecular complexity index is 788. The number of benzene rings is 1. The van der Waals surface area contributed by atoms with Crippen molar-refractivity contribution in [3.63, 3.8) is 0 Å². The van der Waals surface area contributed by atoms with E-state index in [2.05, 4.69) is 26.5 Å². The molecule has 0 atom stereocenters. The third-order valence-electron chi connectivity index (χ3n) is 3.07. The van der Waals surface area contributed by atoms with Crippen molar-refractivity contribution in [2.45, 2.75) is 0 Å². The van der Waals surface area contributed by atoms with Gasteiger partial charge in [0.2, 0.25) is 0 Å². The summed E-state index contributed by atoms with van der Waals surface area (Å²) >= 11 is 0. The molecule has 0 aliphatic carbocycles. The molecule has 0 saturated carbocycles. The normalized spacial score (nSPS) is 9.80. The van der Waals surface area contributed by atoms with Gasteiger partial charge in [-0.1, -0.05) is 5.39 Å². The molecular formula is C15H11IrN3Y-2. The largest absolute Gasteiger partial charge is 0.358 e. The smallest absolute Gasteiger partial charge is 0.0609 e. The molecule has 0 aliphatic heterocycles. The summed E-state index contributed by atoms with van der Waals surface area (Å²) in [6.45, 7) is 0. The van der Waals surface area contributed by atoms with E-state index in [1.807, 2.05) is 43.0 Å². The van der Waals surface area contributed by atoms with Gasteiger partial charge in [0.05, 0.1) is 11.2 Å². The first-order chi connectivity index (χ1) is 8.45. The third kappa shape index (κ3) is 2.46. The van der Waals surface area contributed by atoms with E-state index in [9.17, 15) is 0 Å². The van der Waals surface area contributed by atoms with E-state index in [0.717, 1.165) is 16.6 Å². The van der Waals surface area contributed by atoms with Gasteiger partial charge in [0.1, 0.15) is 0 Å². The van der Waals surface area contributed by atoms with E-state index in [1.165, 1.54) is 10.8 Å². The van der Waals surface area contributed by atoms with Crippen LogP contribution in [0.25, 0.3) is 27.3 Å². The molecule has 0 spiro atoms. The van der Waals surface area contributed by atoms with E-state index >= 15 is 0 Å². The predicted octanol–water partition coefficient (Wildman–Crippen LogP) is 3.28. The van der Waals surface area contributed by atoms with Crippen LogP contribution in [0.2, 0.25) is 0 Å². The molecule has 3 nitrogen and oxygen atoms in total. The number of fused-ring (bicyclic) bond motifs is 6. The Morgan fingerprint density at radius 3 is 2.80 bits per heavy atom. The van der Waals surface area contributed by atoms with Crippen LogP contribution in [0.1, 0.15) is 0 Å². The molecule has 1 aromatic carbocycles. The Labute approximate surface area is 156 Å². The quantitative estimate of drug-likeness (QED) is 0.267. The molecule has 5 heteroatoms. The fourth-order valence-electron chi connectivity index (χ4n) is 2.33. The maximum absolute atomic E-state index is 4.40. The molecule has 0 fully saturated rings. The van der Waals surface area contributed by atoms with E-state index in [-0.39, 0.29) is 60.2 Å². The predicted molar refractivity (Wildman–Crippen MR) is 73.2 cm³/mol. The minimum Gasteiger partial charge on any atom is -0.358 e. The Hall–Kier alpha value is -0.667. The first-order valence-corrected chi connectivity index (χ1v) is 5.44. The molecule has 4 rings (SSSR count). The van der Waals surface area contributed by atoms with Crippen molar-refractivity contribution in [2.24, 2.45) is 0 Å². The molecule has 20 heavy (non-hydrogen) atoms. The van der Waals surface area contributed by atoms with Gasteiger partial charge in [0.15, 0.2) is 0 Å². The topological polar surface area (TPSA) is 30.2 Å². The van der Waals surface area contributed by atoms with Crippen molar-refractivity contribution in [1.29, 1.82) is 0 Å². The van der Waals surface area contributed by atoms with E-state index < -0.39 is 0 Å². The van der Waals surface area contributed by atoms with Gasteiger partial charge in [-0.2, -0.15) is 0 Å². The molecule has 3 heterocycles. The average molecular weight is 514 g/mol. The fourth-order valence-corrected chi connectivity index (χ4v) is 2.33. The maximum atomic E-state index is 4.40. The molecular weight excluding hydrogens is 503 g/mol. The number of imidazole rings is 1. The summed E-state index contributed by atoms with van der Waals surface area (Å²) in [6, 6.07) is 11.3. The van der Waals surface area contributed by atoms with E-state index in [0.29, 0.717) is 0 Å². The molecule has 100 valence electrons. The molecule has 0 amide bonds. The zero-order valence-electron chi connectivity index (χ0n) is 10.9. The standard InChI is InChI=1S/C14H8N3.CH3.Ir.Y/c1-2-4-12-10(3-1)11-5-6-15-9-13(11)17-8-7-16-14(12)17;;;/h1-3,5-9H;1H3;;/q2*-1;;. The Morgan fingerprint density at radius 2 is 1.95 bits per heavy atom. The van der Waals surface area contributed by atoms with Crippen molar-refractivity contribution in [3.05, 3.63) is 62.5 Å². The number of hydrogen-bond acceptors (Lipinski definition) is 2. The number of rotatable bonds is 0. The summed E-state index contributed by atoms with van der Waals surface area (Å²) in [5.41, 5.74) is 2.01. The van der Waals surface area contributed by atoms with Gasteiger partial charge in [-0.05, 0) is 11.5 Å². The van der Waals surface area contributed by atoms with Crippen LogP contribution in [0.4, 0.5) is 0 Å². The Kier molecular flexibility index (Phi) is 5.96. The number of aromatic nitrogens is 3. The molecule has 0 N–H and O–H groups in total. The summed E-state index contributed by atoms with van der Waals surface area (Å²) in [7, 11) is 0. The second-order valence-corrected chi connectivity index (χ2v) is 3.97. The first kappa shape index (κ1) is 17.4. The Morgan fingerprint density at radius 1 is 1.10 bits per heavy atom. The van der Waals surface area contributed by atoms with Crippen LogP contribution >= 0.6 is 0 Å². The van der Waals surface area contributed by atoms with Crippen LogP contribution in [0.3, 0.4) is 0 Å². The van der Waals surface area contributed by atoms with Crippen LogP contribution in [0, 0.1) is 13.5 Å². The van der Waals surface area contributed by atoms with E-state index in [4.69, 9.17) is 0 Å². The third-order valence-corrected chi connectivity index (χ3v) is 3.07. The minimum atomic E-state index is 0. The van der Waals surface area contributed by atoms with Crippen LogP contribution < -0.4 is 0 Å². The zero-order valence-corrected chi connectivity index (χ0v) is 16.1. The van der Waals surface area contributed by atoms with Crippen molar-refractivity contribution in [3.8, 4) is 0 Å². The SMILES string of the molecule is [CH3-].[Ir].[Y].[c-]1cccc2c1c1nccn1c1cnccc21. The van der Waals surface area contributed by atoms with Gasteiger partial charge in [-0.25, -0.2) is 0 Å². The summed E-state index contributed by atoms with van der Waals surface area (Å²) in [5, 5.41) is 3.40. The van der Waals surface area contributed by atoms with Crippen molar-refractivity contribution < 1.29 is 52.8 Å². The van der Waals surface area contributed by atoms with Gasteiger partial charge in [-0.15, -0.1) is 29.7 Å². The van der Waals surface area contributed by atoms with Gasteiger partial charge < -0.3 is 11.8 Å². The summed E-state index contributed by atoms with van der Waals surface area (Å²) in [5.74, 6) is 0. The number of hydrogen-bond donors (Lipinski definition) is 0. The van der Waals surface area contributed by atoms with Crippen molar-refractivity contribution in [1.82, 2.24) is 14.4 Å². The number of pyridine rings is 2. The summed E-state index contributed by atoms with van der Waals surface area (Å²) < 4.78 is 2.06. The van der Waals surface area contributed by atoms with Crippen molar-refractivity contribution >= 4 is 27.3 Å². The van der Waals surface area contributed by atoms with Crippen LogP contribution in [-0.2, 0) is 52.8 Å². The summed E-state index contributed by atoms with van der Waals surface area (Å²) in [6.07, 6.45) is 7.45. The maximum Gasteiger partial charge on any atom is 0.0609 e. The first-order valence-electron chi connectivity index (χ1n) is 5.44. The van der Waals surface area contributed by atoms with Gasteiger partial charge in [0, 0.05) is 77.6 Å². The molecule has 2 radical (unpaired) electrons. The molecule has 0 unspecified atom stereocenters. The van der Waals surface area contributed by atoms with Crippen LogP contribution in [-0.4, -0.2) is 14.4 Å². The monoisotopic (exact) mass is 515 g/mol. The molecule has 3 aromatic heterocycles. The van der Waals surface area contributed by atoms with E-state index in [1.54, 1.807) is 0 Å². The molecule has 0 bridgehead atoms. The summed E-state index contributed by atoms with van der Waals surface area (Å²) in [4.78, 5) is 8.59. The average Bonchev–Trinajstić information content (AvgIpc) is 2.89. The van der Waals surface area contributed by atoms with Gasteiger partial charge in [-0.3, -0.25) is 9.97 Å². The van der Waals surface area contributed by atoms with Crippen molar-refractivity contribution in [2.75, 3.05) is 0 Å². The Balaban J connectivity index is 0.000000667. The second-order valence-electron chi connectivity index (χ2n) is 3.97. The second kappa shape index (κ2) is 6.86. The molecule has 0 saturated heterocycles. The van der Waals surface area contributed by atoms with Gasteiger partial charge >= 0.3 is 0 Å². The minimum absolute atomic E-state index is 0. The van der Waals surface area contributed by atoms with Crippen LogP contribution in [0.5, 0.6) is 0 Å². The molecule has 0 aliphatic rings. The van der Waals surface area contributed by atoms with Gasteiger partial charge in [0.25, 0.3) is 0 Å². The zero-order chi connectivity index (χ0) is 11.2. The fraction of sp³-hybridized carbons (Fsp3) is 0. The molecule has 4 aromatic rings.